The van der Waals surface area contributed by atoms with Gasteiger partial charge in [-0.15, -0.1) is 0 Å². The van der Waals surface area contributed by atoms with E-state index in [-0.39, 0.29) is 10.9 Å². The van der Waals surface area contributed by atoms with Crippen LogP contribution in [0, 0.1) is 18.3 Å². The van der Waals surface area contributed by atoms with Crippen molar-refractivity contribution in [1.82, 2.24) is 9.62 Å². The molecular formula is C15H21N3O2S. The van der Waals surface area contributed by atoms with Gasteiger partial charge in [0.2, 0.25) is 10.0 Å². The van der Waals surface area contributed by atoms with Gasteiger partial charge in [0, 0.05) is 12.6 Å². The smallest absolute Gasteiger partial charge is 0.240 e. The van der Waals surface area contributed by atoms with Crippen molar-refractivity contribution in [2.24, 2.45) is 0 Å². The Bertz CT molecular complexity index is 649. The van der Waals surface area contributed by atoms with E-state index in [9.17, 15) is 8.42 Å². The number of piperidine rings is 1. The maximum atomic E-state index is 12.4. The summed E-state index contributed by atoms with van der Waals surface area (Å²) in [7, 11) is -1.49. The minimum Gasteiger partial charge on any atom is -0.302 e. The first kappa shape index (κ1) is 16.0. The van der Waals surface area contributed by atoms with Gasteiger partial charge in [-0.3, -0.25) is 0 Å². The second-order valence-electron chi connectivity index (χ2n) is 5.57. The van der Waals surface area contributed by atoms with Crippen molar-refractivity contribution >= 4 is 10.0 Å². The van der Waals surface area contributed by atoms with Crippen molar-refractivity contribution in [1.29, 1.82) is 5.26 Å². The highest BCUT2D eigenvalue weighted by Gasteiger charge is 2.23. The lowest BCUT2D eigenvalue weighted by molar-refractivity contribution is 0.187. The number of likely N-dealkylation sites (N-methyl/N-ethyl adjacent to an activating group) is 1. The third-order valence-electron chi connectivity index (χ3n) is 4.02. The molecule has 0 amide bonds. The van der Waals surface area contributed by atoms with Crippen molar-refractivity contribution in [3.05, 3.63) is 29.3 Å². The van der Waals surface area contributed by atoms with Crippen molar-refractivity contribution < 1.29 is 8.42 Å². The summed E-state index contributed by atoms with van der Waals surface area (Å²) in [5.41, 5.74) is 1.07. The molecule has 114 valence electrons. The minimum atomic E-state index is -3.52. The number of sulfonamides is 1. The normalized spacial score (nSPS) is 20.1. The molecule has 0 bridgehead atoms. The Kier molecular flexibility index (Phi) is 4.99. The van der Waals surface area contributed by atoms with Crippen LogP contribution in [0.4, 0.5) is 0 Å². The molecule has 1 heterocycles. The van der Waals surface area contributed by atoms with Crippen molar-refractivity contribution in [3.63, 3.8) is 0 Å². The molecule has 0 aromatic heterocycles. The lowest BCUT2D eigenvalue weighted by Crippen LogP contribution is -2.44. The van der Waals surface area contributed by atoms with Gasteiger partial charge in [0.25, 0.3) is 0 Å². The number of nitrogens with one attached hydrogen (secondary N) is 1. The average molecular weight is 307 g/mol. The molecular weight excluding hydrogens is 286 g/mol. The summed E-state index contributed by atoms with van der Waals surface area (Å²) >= 11 is 0. The number of benzene rings is 1. The molecule has 0 aliphatic carbocycles. The number of nitriles is 1. The van der Waals surface area contributed by atoms with E-state index < -0.39 is 10.0 Å². The van der Waals surface area contributed by atoms with Crippen LogP contribution in [0.25, 0.3) is 0 Å². The molecule has 1 atom stereocenters. The summed E-state index contributed by atoms with van der Waals surface area (Å²) in [6.07, 6.45) is 3.34. The van der Waals surface area contributed by atoms with Gasteiger partial charge < -0.3 is 4.90 Å². The highest BCUT2D eigenvalue weighted by molar-refractivity contribution is 7.89. The Morgan fingerprint density at radius 2 is 2.19 bits per heavy atom. The van der Waals surface area contributed by atoms with Gasteiger partial charge in [0.05, 0.1) is 16.5 Å². The Labute approximate surface area is 126 Å². The zero-order valence-corrected chi connectivity index (χ0v) is 13.3. The van der Waals surface area contributed by atoms with Crippen LogP contribution in [-0.2, 0) is 10.0 Å². The second-order valence-corrected chi connectivity index (χ2v) is 7.31. The summed E-state index contributed by atoms with van der Waals surface area (Å²) in [6.45, 7) is 3.16. The molecule has 1 unspecified atom stereocenters. The zero-order chi connectivity index (χ0) is 15.5. The Morgan fingerprint density at radius 3 is 2.81 bits per heavy atom. The number of nitrogens with zero attached hydrogens (tertiary/aromatic N) is 2. The molecule has 6 heteroatoms. The van der Waals surface area contributed by atoms with Gasteiger partial charge in [0.1, 0.15) is 0 Å². The molecule has 1 fully saturated rings. The van der Waals surface area contributed by atoms with E-state index in [1.807, 2.05) is 13.1 Å². The molecule has 1 aliphatic heterocycles. The van der Waals surface area contributed by atoms with Gasteiger partial charge in [-0.25, -0.2) is 13.1 Å². The van der Waals surface area contributed by atoms with E-state index in [4.69, 9.17) is 5.26 Å². The summed E-state index contributed by atoms with van der Waals surface area (Å²) < 4.78 is 27.5. The summed E-state index contributed by atoms with van der Waals surface area (Å²) in [4.78, 5) is 2.46. The van der Waals surface area contributed by atoms with Crippen molar-refractivity contribution in [2.45, 2.75) is 37.1 Å². The van der Waals surface area contributed by atoms with E-state index in [0.717, 1.165) is 19.4 Å². The molecule has 0 spiro atoms. The molecule has 2 rings (SSSR count). The first-order chi connectivity index (χ1) is 9.94. The molecule has 1 aromatic carbocycles. The van der Waals surface area contributed by atoms with Gasteiger partial charge >= 0.3 is 0 Å². The standard InChI is InChI=1S/C15H21N3O2S/c1-12-9-13(10-16)6-7-15(12)21(19,20)17-11-14-5-3-4-8-18(14)2/h6-7,9,14,17H,3-5,8,11H2,1-2H3. The maximum Gasteiger partial charge on any atom is 0.240 e. The number of rotatable bonds is 4. The molecule has 1 aliphatic rings. The highest BCUT2D eigenvalue weighted by Crippen LogP contribution is 2.18. The second kappa shape index (κ2) is 6.56. The molecule has 1 N–H and O–H groups in total. The largest absolute Gasteiger partial charge is 0.302 e. The predicted octanol–water partition coefficient (Wildman–Crippen LogP) is 1.63. The highest BCUT2D eigenvalue weighted by atomic mass is 32.2. The Morgan fingerprint density at radius 1 is 1.43 bits per heavy atom. The van der Waals surface area contributed by atoms with Gasteiger partial charge in [-0.2, -0.15) is 5.26 Å². The van der Waals surface area contributed by atoms with Gasteiger partial charge in [0.15, 0.2) is 0 Å². The number of hydrogen-bond acceptors (Lipinski definition) is 4. The fourth-order valence-electron chi connectivity index (χ4n) is 2.71. The molecule has 21 heavy (non-hydrogen) atoms. The van der Waals surface area contributed by atoms with E-state index >= 15 is 0 Å². The fourth-order valence-corrected chi connectivity index (χ4v) is 4.00. The molecule has 0 saturated carbocycles. The topological polar surface area (TPSA) is 73.2 Å². The maximum absolute atomic E-state index is 12.4. The summed E-state index contributed by atoms with van der Waals surface area (Å²) in [5, 5.41) is 8.84. The monoisotopic (exact) mass is 307 g/mol. The van der Waals surface area contributed by atoms with Crippen LogP contribution in [0.15, 0.2) is 23.1 Å². The predicted molar refractivity (Wildman–Crippen MR) is 81.4 cm³/mol. The third kappa shape index (κ3) is 3.82. The number of likely N-dealkylation sites (tertiary alicyclic amines) is 1. The quantitative estimate of drug-likeness (QED) is 0.917. The number of hydrogen-bond donors (Lipinski definition) is 1. The SMILES string of the molecule is Cc1cc(C#N)ccc1S(=O)(=O)NCC1CCCCN1C. The van der Waals surface area contributed by atoms with Crippen LogP contribution in [0.3, 0.4) is 0 Å². The third-order valence-corrected chi connectivity index (χ3v) is 5.61. The number of aryl methyl sites for hydroxylation is 1. The fraction of sp³-hybridized carbons (Fsp3) is 0.533. The van der Waals surface area contributed by atoms with Crippen LogP contribution in [0.2, 0.25) is 0 Å². The van der Waals surface area contributed by atoms with E-state index in [1.54, 1.807) is 13.0 Å². The molecule has 5 nitrogen and oxygen atoms in total. The van der Waals surface area contributed by atoms with Crippen LogP contribution in [0.5, 0.6) is 0 Å². The van der Waals surface area contributed by atoms with Crippen LogP contribution in [0.1, 0.15) is 30.4 Å². The Hall–Kier alpha value is -1.42. The van der Waals surface area contributed by atoms with E-state index in [0.29, 0.717) is 17.7 Å². The van der Waals surface area contributed by atoms with Crippen LogP contribution >= 0.6 is 0 Å². The van der Waals surface area contributed by atoms with Gasteiger partial charge in [-0.05, 0) is 57.1 Å². The van der Waals surface area contributed by atoms with E-state index in [1.165, 1.54) is 18.6 Å². The zero-order valence-electron chi connectivity index (χ0n) is 12.5. The average Bonchev–Trinajstić information content (AvgIpc) is 2.46. The van der Waals surface area contributed by atoms with E-state index in [2.05, 4.69) is 9.62 Å². The van der Waals surface area contributed by atoms with Gasteiger partial charge in [-0.1, -0.05) is 6.42 Å². The molecule has 0 radical (unpaired) electrons. The first-order valence-electron chi connectivity index (χ1n) is 7.14. The lowest BCUT2D eigenvalue weighted by Gasteiger charge is -2.32. The molecule has 1 saturated heterocycles. The van der Waals surface area contributed by atoms with Crippen molar-refractivity contribution in [2.75, 3.05) is 20.1 Å². The lowest BCUT2D eigenvalue weighted by atomic mass is 10.0. The van der Waals surface area contributed by atoms with Crippen LogP contribution in [-0.4, -0.2) is 39.5 Å². The first-order valence-corrected chi connectivity index (χ1v) is 8.63. The van der Waals surface area contributed by atoms with Crippen LogP contribution < -0.4 is 4.72 Å². The Balaban J connectivity index is 2.10. The minimum absolute atomic E-state index is 0.250. The summed E-state index contributed by atoms with van der Waals surface area (Å²) in [5.74, 6) is 0. The summed E-state index contributed by atoms with van der Waals surface area (Å²) in [6, 6.07) is 6.91. The van der Waals surface area contributed by atoms with Crippen molar-refractivity contribution in [3.8, 4) is 6.07 Å². The molecule has 1 aromatic rings.